The van der Waals surface area contributed by atoms with Crippen molar-refractivity contribution in [1.82, 2.24) is 14.8 Å². The monoisotopic (exact) mass is 528 g/mol. The highest BCUT2D eigenvalue weighted by Crippen LogP contribution is 2.49. The number of carbonyl (C=O) groups excluding carboxylic acids is 6. The molecule has 2 heterocycles. The summed E-state index contributed by atoms with van der Waals surface area (Å²) in [6.07, 6.45) is 0.751. The molecule has 0 bridgehead atoms. The number of hydrogen-bond donors (Lipinski definition) is 0. The van der Waals surface area contributed by atoms with Crippen LogP contribution < -0.4 is 0 Å². The Morgan fingerprint density at radius 2 is 1.58 bits per heavy atom. The SMILES string of the molecule is CN(CCC(=O)ON1C(=O)C=CC1=O)P(=O)(CCOCCN=[N+]=[N-])CCC(=O)ON1C(=O)CCC1=O. The van der Waals surface area contributed by atoms with Gasteiger partial charge in [-0.05, 0) is 12.6 Å². The zero-order valence-electron chi connectivity index (χ0n) is 19.4. The molecule has 1 fully saturated rings. The van der Waals surface area contributed by atoms with Gasteiger partial charge in [0.2, 0.25) is 0 Å². The Labute approximate surface area is 205 Å². The van der Waals surface area contributed by atoms with Crippen LogP contribution in [0.3, 0.4) is 0 Å². The minimum atomic E-state index is -3.36. The van der Waals surface area contributed by atoms with E-state index in [1.165, 1.54) is 11.7 Å². The van der Waals surface area contributed by atoms with Crippen LogP contribution in [0.25, 0.3) is 10.4 Å². The number of imide groups is 2. The third-order valence-electron chi connectivity index (χ3n) is 5.07. The van der Waals surface area contributed by atoms with Gasteiger partial charge in [0.1, 0.15) is 0 Å². The second-order valence-corrected chi connectivity index (χ2v) is 10.8. The van der Waals surface area contributed by atoms with Crippen LogP contribution in [0.1, 0.15) is 25.7 Å². The molecular weight excluding hydrogens is 503 g/mol. The maximum Gasteiger partial charge on any atom is 0.334 e. The molecule has 0 radical (unpaired) electrons. The van der Waals surface area contributed by atoms with Gasteiger partial charge >= 0.3 is 11.9 Å². The molecule has 0 aromatic carbocycles. The van der Waals surface area contributed by atoms with Crippen molar-refractivity contribution >= 4 is 42.9 Å². The Morgan fingerprint density at radius 1 is 1.00 bits per heavy atom. The maximum absolute atomic E-state index is 13.7. The standard InChI is InChI=1S/C19H25N6O10P/c1-23(9-6-18(30)34-24-14(26)2-3-15(24)27)36(32,13-11-33-10-8-21-22-20)12-7-19(31)35-25-16(28)4-5-17(25)29/h2-3H,4-13H2,1H3. The van der Waals surface area contributed by atoms with Crippen LogP contribution in [0, 0.1) is 0 Å². The number of azide groups is 1. The third-order valence-corrected chi connectivity index (χ3v) is 8.32. The van der Waals surface area contributed by atoms with Gasteiger partial charge in [-0.25, -0.2) is 9.59 Å². The predicted molar refractivity (Wildman–Crippen MR) is 118 cm³/mol. The lowest BCUT2D eigenvalue weighted by molar-refractivity contribution is -0.197. The van der Waals surface area contributed by atoms with Gasteiger partial charge in [-0.2, -0.15) is 0 Å². The van der Waals surface area contributed by atoms with Gasteiger partial charge in [0.25, 0.3) is 23.6 Å². The summed E-state index contributed by atoms with van der Waals surface area (Å²) in [5.41, 5.74) is 8.28. The first-order valence-corrected chi connectivity index (χ1v) is 12.8. The number of hydroxylamine groups is 4. The van der Waals surface area contributed by atoms with Crippen molar-refractivity contribution < 1.29 is 47.7 Å². The van der Waals surface area contributed by atoms with E-state index < -0.39 is 49.3 Å². The molecule has 1 atom stereocenters. The molecular formula is C19H25N6O10P. The number of ether oxygens (including phenoxy) is 1. The molecule has 1 saturated heterocycles. The molecule has 17 heteroatoms. The smallest absolute Gasteiger partial charge is 0.334 e. The first-order chi connectivity index (χ1) is 17.1. The van der Waals surface area contributed by atoms with Gasteiger partial charge in [-0.1, -0.05) is 10.2 Å². The minimum Gasteiger partial charge on any atom is -0.381 e. The van der Waals surface area contributed by atoms with Crippen molar-refractivity contribution in [2.75, 3.05) is 45.7 Å². The largest absolute Gasteiger partial charge is 0.381 e. The van der Waals surface area contributed by atoms with E-state index in [1.807, 2.05) is 0 Å². The first kappa shape index (κ1) is 28.7. The summed E-state index contributed by atoms with van der Waals surface area (Å²) < 4.78 is 20.3. The summed E-state index contributed by atoms with van der Waals surface area (Å²) in [6, 6.07) is 0. The molecule has 0 aliphatic carbocycles. The number of hydrogen-bond acceptors (Lipinski definition) is 11. The van der Waals surface area contributed by atoms with Crippen LogP contribution in [0.5, 0.6) is 0 Å². The number of nitrogens with zero attached hydrogens (tertiary/aromatic N) is 6. The average Bonchev–Trinajstić information content (AvgIpc) is 3.33. The van der Waals surface area contributed by atoms with E-state index in [0.717, 1.165) is 12.2 Å². The third kappa shape index (κ3) is 8.27. The fourth-order valence-corrected chi connectivity index (χ4v) is 5.36. The molecule has 0 aromatic heterocycles. The number of amides is 4. The summed E-state index contributed by atoms with van der Waals surface area (Å²) in [7, 11) is -1.92. The second kappa shape index (κ2) is 13.5. The molecule has 2 aliphatic heterocycles. The van der Waals surface area contributed by atoms with E-state index in [-0.39, 0.29) is 57.9 Å². The topological polar surface area (TPSA) is 206 Å². The van der Waals surface area contributed by atoms with E-state index >= 15 is 0 Å². The van der Waals surface area contributed by atoms with Crippen LogP contribution in [0.2, 0.25) is 0 Å². The highest BCUT2D eigenvalue weighted by Gasteiger charge is 2.35. The van der Waals surface area contributed by atoms with Crippen LogP contribution in [-0.2, 0) is 47.7 Å². The molecule has 4 amide bonds. The van der Waals surface area contributed by atoms with Crippen molar-refractivity contribution in [1.29, 1.82) is 0 Å². The molecule has 2 aliphatic rings. The van der Waals surface area contributed by atoms with Crippen molar-refractivity contribution in [3.8, 4) is 0 Å². The van der Waals surface area contributed by atoms with Gasteiger partial charge < -0.3 is 19.0 Å². The quantitative estimate of drug-likeness (QED) is 0.0705. The molecule has 0 spiro atoms. The minimum absolute atomic E-state index is 0.0202. The summed E-state index contributed by atoms with van der Waals surface area (Å²) in [6.45, 7) is 0.00693. The van der Waals surface area contributed by atoms with E-state index in [4.69, 9.17) is 19.9 Å². The zero-order chi connectivity index (χ0) is 26.7. The predicted octanol–water partition coefficient (Wildman–Crippen LogP) is 0.294. The Hall–Kier alpha value is -3.58. The fourth-order valence-electron chi connectivity index (χ4n) is 3.04. The summed E-state index contributed by atoms with van der Waals surface area (Å²) in [4.78, 5) is 82.6. The van der Waals surface area contributed by atoms with Gasteiger partial charge in [-0.15, -0.1) is 5.06 Å². The molecule has 196 valence electrons. The number of carbonyl (C=O) groups is 6. The van der Waals surface area contributed by atoms with Crippen molar-refractivity contribution in [2.24, 2.45) is 5.11 Å². The lowest BCUT2D eigenvalue weighted by Gasteiger charge is -2.28. The summed E-state index contributed by atoms with van der Waals surface area (Å²) >= 11 is 0. The highest BCUT2D eigenvalue weighted by molar-refractivity contribution is 7.61. The molecule has 2 rings (SSSR count). The van der Waals surface area contributed by atoms with Crippen molar-refractivity contribution in [2.45, 2.75) is 25.7 Å². The van der Waals surface area contributed by atoms with E-state index in [9.17, 15) is 33.3 Å². The normalized spacial score (nSPS) is 16.9. The Bertz CT molecular complexity index is 1010. The van der Waals surface area contributed by atoms with E-state index in [0.29, 0.717) is 10.1 Å². The van der Waals surface area contributed by atoms with Gasteiger partial charge in [0, 0.05) is 55.3 Å². The highest BCUT2D eigenvalue weighted by atomic mass is 31.2. The zero-order valence-corrected chi connectivity index (χ0v) is 20.3. The molecule has 16 nitrogen and oxygen atoms in total. The van der Waals surface area contributed by atoms with Crippen molar-refractivity contribution in [3.63, 3.8) is 0 Å². The molecule has 1 unspecified atom stereocenters. The van der Waals surface area contributed by atoms with Crippen LogP contribution in [0.15, 0.2) is 17.3 Å². The van der Waals surface area contributed by atoms with Crippen LogP contribution in [-0.4, -0.2) is 96.0 Å². The fraction of sp³-hybridized carbons (Fsp3) is 0.579. The Balaban J connectivity index is 1.93. The van der Waals surface area contributed by atoms with Crippen molar-refractivity contribution in [3.05, 3.63) is 22.6 Å². The van der Waals surface area contributed by atoms with Gasteiger partial charge in [-0.3, -0.25) is 23.8 Å². The molecule has 0 saturated carbocycles. The lowest BCUT2D eigenvalue weighted by Crippen LogP contribution is -2.34. The summed E-state index contributed by atoms with van der Waals surface area (Å²) in [5, 5.41) is 4.00. The molecule has 0 aromatic rings. The van der Waals surface area contributed by atoms with E-state index in [1.54, 1.807) is 0 Å². The Kier molecular flexibility index (Phi) is 10.7. The van der Waals surface area contributed by atoms with Crippen LogP contribution >= 0.6 is 7.29 Å². The second-order valence-electron chi connectivity index (χ2n) is 7.55. The maximum atomic E-state index is 13.7. The Morgan fingerprint density at radius 3 is 2.19 bits per heavy atom. The first-order valence-electron chi connectivity index (χ1n) is 10.8. The van der Waals surface area contributed by atoms with Gasteiger partial charge in [0.15, 0.2) is 7.29 Å². The molecule has 0 N–H and O–H groups in total. The van der Waals surface area contributed by atoms with E-state index in [2.05, 4.69) is 10.0 Å². The lowest BCUT2D eigenvalue weighted by atomic mass is 10.4. The average molecular weight is 528 g/mol. The number of rotatable bonds is 15. The van der Waals surface area contributed by atoms with Crippen LogP contribution in [0.4, 0.5) is 0 Å². The molecule has 36 heavy (non-hydrogen) atoms. The summed E-state index contributed by atoms with van der Waals surface area (Å²) in [5.74, 6) is -4.77. The van der Waals surface area contributed by atoms with Gasteiger partial charge in [0.05, 0.1) is 26.1 Å².